The van der Waals surface area contributed by atoms with Crippen LogP contribution in [0.4, 0.5) is 0 Å². The van der Waals surface area contributed by atoms with Gasteiger partial charge in [0.15, 0.2) is 0 Å². The highest BCUT2D eigenvalue weighted by molar-refractivity contribution is 5.85. The van der Waals surface area contributed by atoms with Crippen LogP contribution >= 0.6 is 0 Å². The van der Waals surface area contributed by atoms with Gasteiger partial charge in [-0.25, -0.2) is 0 Å². The van der Waals surface area contributed by atoms with Gasteiger partial charge in [-0.3, -0.25) is 4.90 Å². The fraction of sp³-hybridized carbons (Fsp3) is 0.320. The van der Waals surface area contributed by atoms with E-state index in [-0.39, 0.29) is 17.4 Å². The molecule has 2 aromatic carbocycles. The summed E-state index contributed by atoms with van der Waals surface area (Å²) >= 11 is 0. The number of aryl methyl sites for hydroxylation is 1. The largest absolute Gasteiger partial charge is 0.507 e. The highest BCUT2D eigenvalue weighted by Gasteiger charge is 2.22. The predicted octanol–water partition coefficient (Wildman–Crippen LogP) is 4.30. The summed E-state index contributed by atoms with van der Waals surface area (Å²) in [7, 11) is 0. The van der Waals surface area contributed by atoms with Crippen LogP contribution in [-0.4, -0.2) is 46.6 Å². The first-order valence-electron chi connectivity index (χ1n) is 10.4. The molecule has 0 saturated carbocycles. The highest BCUT2D eigenvalue weighted by atomic mass is 16.5. The SMILES string of the molecule is C#CC(C)c1cc(-c2noc(C)c2-c2ccc(CN3CCOCC3)cc2)c(O)cc1O. The van der Waals surface area contributed by atoms with Gasteiger partial charge in [0, 0.05) is 42.7 Å². The maximum absolute atomic E-state index is 10.5. The summed E-state index contributed by atoms with van der Waals surface area (Å²) in [4.78, 5) is 2.37. The molecule has 1 fully saturated rings. The van der Waals surface area contributed by atoms with Crippen molar-refractivity contribution in [2.75, 3.05) is 26.3 Å². The Hall–Kier alpha value is -3.27. The van der Waals surface area contributed by atoms with Gasteiger partial charge in [-0.2, -0.15) is 0 Å². The van der Waals surface area contributed by atoms with E-state index >= 15 is 0 Å². The van der Waals surface area contributed by atoms with E-state index in [9.17, 15) is 10.2 Å². The van der Waals surface area contributed by atoms with Crippen LogP contribution in [0.3, 0.4) is 0 Å². The van der Waals surface area contributed by atoms with Crippen LogP contribution in [0.1, 0.15) is 29.7 Å². The third kappa shape index (κ3) is 4.29. The maximum Gasteiger partial charge on any atom is 0.142 e. The number of aromatic hydroxyl groups is 2. The molecule has 1 unspecified atom stereocenters. The second-order valence-electron chi connectivity index (χ2n) is 7.86. The van der Waals surface area contributed by atoms with Crippen molar-refractivity contribution in [2.45, 2.75) is 26.3 Å². The predicted molar refractivity (Wildman–Crippen MR) is 119 cm³/mol. The maximum atomic E-state index is 10.5. The smallest absolute Gasteiger partial charge is 0.142 e. The molecule has 2 heterocycles. The summed E-state index contributed by atoms with van der Waals surface area (Å²) in [6.45, 7) is 7.97. The third-order valence-corrected chi connectivity index (χ3v) is 5.73. The highest BCUT2D eigenvalue weighted by Crippen LogP contribution is 2.42. The molecule has 1 saturated heterocycles. The molecule has 1 atom stereocenters. The number of hydrogen-bond donors (Lipinski definition) is 2. The van der Waals surface area contributed by atoms with E-state index in [2.05, 4.69) is 28.1 Å². The molecule has 0 radical (unpaired) electrons. The van der Waals surface area contributed by atoms with Gasteiger partial charge in [-0.1, -0.05) is 35.3 Å². The second-order valence-corrected chi connectivity index (χ2v) is 7.86. The van der Waals surface area contributed by atoms with Crippen molar-refractivity contribution in [3.05, 3.63) is 53.3 Å². The number of nitrogens with zero attached hydrogens (tertiary/aromatic N) is 2. The number of rotatable bonds is 5. The molecule has 0 amide bonds. The van der Waals surface area contributed by atoms with E-state index in [1.807, 2.05) is 26.0 Å². The number of morpholine rings is 1. The quantitative estimate of drug-likeness (QED) is 0.602. The summed E-state index contributed by atoms with van der Waals surface area (Å²) in [6.07, 6.45) is 5.54. The Morgan fingerprint density at radius 3 is 2.52 bits per heavy atom. The topological polar surface area (TPSA) is 79.0 Å². The average molecular weight is 418 g/mol. The van der Waals surface area contributed by atoms with Gasteiger partial charge in [0.1, 0.15) is 23.0 Å². The number of ether oxygens (including phenoxy) is 1. The molecule has 3 aromatic rings. The standard InChI is InChI=1S/C25H26N2O4/c1-4-16(2)20-13-21(23(29)14-22(20)28)25-24(17(3)31-26-25)19-7-5-18(6-8-19)15-27-9-11-30-12-10-27/h1,5-8,13-14,16,28-29H,9-12,15H2,2-3H3. The van der Waals surface area contributed by atoms with Crippen molar-refractivity contribution in [3.8, 4) is 46.2 Å². The molecule has 4 rings (SSSR count). The summed E-state index contributed by atoms with van der Waals surface area (Å²) in [5.41, 5.74) is 4.51. The van der Waals surface area contributed by atoms with Crippen LogP contribution in [0.25, 0.3) is 22.4 Å². The molecule has 2 N–H and O–H groups in total. The summed E-state index contributed by atoms with van der Waals surface area (Å²) in [5.74, 6) is 2.83. The first-order valence-corrected chi connectivity index (χ1v) is 10.4. The van der Waals surface area contributed by atoms with Crippen LogP contribution in [0.2, 0.25) is 0 Å². The Balaban J connectivity index is 1.68. The Bertz CT molecular complexity index is 1110. The van der Waals surface area contributed by atoms with Gasteiger partial charge in [0.2, 0.25) is 0 Å². The lowest BCUT2D eigenvalue weighted by Gasteiger charge is -2.26. The first kappa shape index (κ1) is 21.0. The molecule has 0 spiro atoms. The normalized spacial score (nSPS) is 15.5. The van der Waals surface area contributed by atoms with E-state index < -0.39 is 0 Å². The Morgan fingerprint density at radius 1 is 1.13 bits per heavy atom. The van der Waals surface area contributed by atoms with Crippen LogP contribution in [0.15, 0.2) is 40.9 Å². The van der Waals surface area contributed by atoms with Gasteiger partial charge in [0.25, 0.3) is 0 Å². The number of phenols is 2. The Labute approximate surface area is 182 Å². The van der Waals surface area contributed by atoms with E-state index in [0.29, 0.717) is 22.6 Å². The molecular weight excluding hydrogens is 392 g/mol. The van der Waals surface area contributed by atoms with Crippen LogP contribution in [-0.2, 0) is 11.3 Å². The summed E-state index contributed by atoms with van der Waals surface area (Å²) in [6, 6.07) is 11.3. The molecule has 0 bridgehead atoms. The van der Waals surface area contributed by atoms with Gasteiger partial charge in [0.05, 0.1) is 18.8 Å². The minimum absolute atomic E-state index is 0.0408. The van der Waals surface area contributed by atoms with Gasteiger partial charge >= 0.3 is 0 Å². The van der Waals surface area contributed by atoms with Gasteiger partial charge < -0.3 is 19.5 Å². The van der Waals surface area contributed by atoms with Crippen molar-refractivity contribution >= 4 is 0 Å². The average Bonchev–Trinajstić information content (AvgIpc) is 3.15. The van der Waals surface area contributed by atoms with E-state index in [1.165, 1.54) is 11.6 Å². The van der Waals surface area contributed by atoms with Crippen molar-refractivity contribution in [1.82, 2.24) is 10.1 Å². The first-order chi connectivity index (χ1) is 15.0. The number of aromatic nitrogens is 1. The van der Waals surface area contributed by atoms with Crippen LogP contribution in [0.5, 0.6) is 11.5 Å². The lowest BCUT2D eigenvalue weighted by Crippen LogP contribution is -2.35. The Kier molecular flexibility index (Phi) is 5.99. The van der Waals surface area contributed by atoms with E-state index in [1.54, 1.807) is 6.07 Å². The molecule has 6 nitrogen and oxygen atoms in total. The molecule has 1 aliphatic rings. The number of phenolic OH excluding ortho intramolecular Hbond substituents is 2. The lowest BCUT2D eigenvalue weighted by atomic mass is 9.93. The second kappa shape index (κ2) is 8.84. The molecule has 1 aliphatic heterocycles. The van der Waals surface area contributed by atoms with Crippen molar-refractivity contribution in [1.29, 1.82) is 0 Å². The summed E-state index contributed by atoms with van der Waals surface area (Å²) < 4.78 is 10.9. The third-order valence-electron chi connectivity index (χ3n) is 5.73. The van der Waals surface area contributed by atoms with E-state index in [4.69, 9.17) is 15.7 Å². The zero-order valence-corrected chi connectivity index (χ0v) is 17.8. The van der Waals surface area contributed by atoms with Crippen LogP contribution < -0.4 is 0 Å². The monoisotopic (exact) mass is 418 g/mol. The van der Waals surface area contributed by atoms with Gasteiger partial charge in [-0.05, 0) is 31.0 Å². The fourth-order valence-corrected chi connectivity index (χ4v) is 3.91. The minimum atomic E-state index is -0.310. The molecule has 31 heavy (non-hydrogen) atoms. The van der Waals surface area contributed by atoms with Crippen molar-refractivity contribution in [3.63, 3.8) is 0 Å². The lowest BCUT2D eigenvalue weighted by molar-refractivity contribution is 0.0342. The fourth-order valence-electron chi connectivity index (χ4n) is 3.91. The Morgan fingerprint density at radius 2 is 1.84 bits per heavy atom. The zero-order valence-electron chi connectivity index (χ0n) is 17.8. The zero-order chi connectivity index (χ0) is 22.0. The molecular formula is C25H26N2O4. The number of hydrogen-bond acceptors (Lipinski definition) is 6. The van der Waals surface area contributed by atoms with E-state index in [0.717, 1.165) is 44.0 Å². The number of terminal acetylenes is 1. The molecule has 1 aromatic heterocycles. The number of benzene rings is 2. The summed E-state index contributed by atoms with van der Waals surface area (Å²) in [5, 5.41) is 24.9. The van der Waals surface area contributed by atoms with Gasteiger partial charge in [-0.15, -0.1) is 6.42 Å². The van der Waals surface area contributed by atoms with Crippen molar-refractivity contribution in [2.24, 2.45) is 0 Å². The molecule has 6 heteroatoms. The van der Waals surface area contributed by atoms with Crippen molar-refractivity contribution < 1.29 is 19.5 Å². The molecule has 0 aliphatic carbocycles. The minimum Gasteiger partial charge on any atom is -0.507 e. The van der Waals surface area contributed by atoms with Crippen LogP contribution in [0, 0.1) is 19.3 Å². The molecule has 160 valence electrons.